The molecular weight excluding hydrogens is 869 g/mol. The maximum atomic E-state index is 2.44. The van der Waals surface area contributed by atoms with E-state index >= 15 is 0 Å². The zero-order valence-corrected chi connectivity index (χ0v) is 39.9. The predicted octanol–water partition coefficient (Wildman–Crippen LogP) is 19.2. The first kappa shape index (κ1) is 41.7. The van der Waals surface area contributed by atoms with Gasteiger partial charge < -0.3 is 9.13 Å². The van der Waals surface area contributed by atoms with Gasteiger partial charge in [-0.2, -0.15) is 0 Å². The zero-order valence-electron chi connectivity index (χ0n) is 39.9. The smallest absolute Gasteiger partial charge is 0.0541 e. The molecule has 0 amide bonds. The summed E-state index contributed by atoms with van der Waals surface area (Å²) in [6.07, 6.45) is 0. The molecule has 14 rings (SSSR count). The molecule has 0 spiro atoms. The lowest BCUT2D eigenvalue weighted by molar-refractivity contribution is 0.827. The van der Waals surface area contributed by atoms with Crippen molar-refractivity contribution in [2.45, 2.75) is 13.5 Å². The first-order chi connectivity index (χ1) is 35.7. The molecule has 0 unspecified atom stereocenters. The SMILES string of the molecule is CCn1c2ccc(-c3ccccc3)cc2c2cc(-c3ccc(-c4c5ccccc5c(-c5ccc(-c6ccc7c(c6)c6cc(-c8ccccc8)ccc6n7-c6ccccc6)cc5)c5ccccc45)cc3)ccc21. The van der Waals surface area contributed by atoms with E-state index in [1.165, 1.54) is 132 Å². The van der Waals surface area contributed by atoms with Crippen LogP contribution in [-0.4, -0.2) is 9.13 Å². The van der Waals surface area contributed by atoms with Gasteiger partial charge in [0.05, 0.1) is 11.0 Å². The van der Waals surface area contributed by atoms with Crippen molar-refractivity contribution in [1.29, 1.82) is 0 Å². The summed E-state index contributed by atoms with van der Waals surface area (Å²) in [5, 5.41) is 10.1. The Morgan fingerprint density at radius 1 is 0.236 bits per heavy atom. The highest BCUT2D eigenvalue weighted by Crippen LogP contribution is 2.45. The van der Waals surface area contributed by atoms with E-state index in [9.17, 15) is 0 Å². The number of aromatic nitrogens is 2. The molecule has 14 aromatic rings. The fourth-order valence-electron chi connectivity index (χ4n) is 11.7. The van der Waals surface area contributed by atoms with Gasteiger partial charge >= 0.3 is 0 Å². The van der Waals surface area contributed by atoms with Crippen LogP contribution in [0.4, 0.5) is 0 Å². The Morgan fingerprint density at radius 2 is 0.514 bits per heavy atom. The first-order valence-corrected chi connectivity index (χ1v) is 25.1. The van der Waals surface area contributed by atoms with Gasteiger partial charge in [-0.05, 0) is 156 Å². The van der Waals surface area contributed by atoms with Crippen LogP contribution in [0.5, 0.6) is 0 Å². The second-order valence-corrected chi connectivity index (χ2v) is 19.1. The van der Waals surface area contributed by atoms with Crippen molar-refractivity contribution in [2.75, 3.05) is 0 Å². The number of nitrogens with zero attached hydrogens (tertiary/aromatic N) is 2. The number of para-hydroxylation sites is 1. The van der Waals surface area contributed by atoms with E-state index in [2.05, 4.69) is 277 Å². The predicted molar refractivity (Wildman–Crippen MR) is 307 cm³/mol. The first-order valence-electron chi connectivity index (χ1n) is 25.1. The molecule has 0 saturated carbocycles. The highest BCUT2D eigenvalue weighted by Gasteiger charge is 2.19. The summed E-state index contributed by atoms with van der Waals surface area (Å²) < 4.78 is 4.84. The monoisotopic (exact) mass is 916 g/mol. The fourth-order valence-corrected chi connectivity index (χ4v) is 11.7. The molecule has 0 N–H and O–H groups in total. The fraction of sp³-hybridized carbons (Fsp3) is 0.0286. The molecule has 0 fully saturated rings. The summed E-state index contributed by atoms with van der Waals surface area (Å²) in [7, 11) is 0. The van der Waals surface area contributed by atoms with Gasteiger partial charge in [0.15, 0.2) is 0 Å². The number of fused-ring (bicyclic) bond motifs is 8. The molecule has 2 heterocycles. The highest BCUT2D eigenvalue weighted by molar-refractivity contribution is 6.21. The van der Waals surface area contributed by atoms with E-state index < -0.39 is 0 Å². The van der Waals surface area contributed by atoms with Gasteiger partial charge in [0.1, 0.15) is 0 Å². The van der Waals surface area contributed by atoms with Crippen molar-refractivity contribution in [3.63, 3.8) is 0 Å². The molecular formula is C70H48N2. The summed E-state index contributed by atoms with van der Waals surface area (Å²) in [4.78, 5) is 0. The largest absolute Gasteiger partial charge is 0.341 e. The topological polar surface area (TPSA) is 9.86 Å². The minimum absolute atomic E-state index is 0.918. The molecule has 72 heavy (non-hydrogen) atoms. The van der Waals surface area contributed by atoms with E-state index in [4.69, 9.17) is 0 Å². The van der Waals surface area contributed by atoms with Crippen molar-refractivity contribution in [2.24, 2.45) is 0 Å². The Morgan fingerprint density at radius 3 is 0.875 bits per heavy atom. The van der Waals surface area contributed by atoms with Gasteiger partial charge in [-0.1, -0.05) is 200 Å². The Bertz CT molecular complexity index is 4310. The van der Waals surface area contributed by atoms with Crippen molar-refractivity contribution < 1.29 is 0 Å². The Balaban J connectivity index is 0.840. The number of aryl methyl sites for hydroxylation is 1. The van der Waals surface area contributed by atoms with E-state index in [-0.39, 0.29) is 0 Å². The average molecular weight is 917 g/mol. The third-order valence-electron chi connectivity index (χ3n) is 15.1. The van der Waals surface area contributed by atoms with Crippen molar-refractivity contribution in [3.8, 4) is 72.4 Å². The van der Waals surface area contributed by atoms with Crippen LogP contribution in [0.15, 0.2) is 261 Å². The number of hydrogen-bond acceptors (Lipinski definition) is 0. The standard InChI is InChI=1S/C70H48N2/c1-2-71-65-38-34-52(46-16-6-3-7-17-46)42-61(65)62-43-54(35-39-66(62)71)48-26-30-50(31-27-48)69-57-22-12-14-24-59(57)70(60-25-15-13-23-58(60)69)51-32-28-49(29-33-51)55-37-41-68-64(45-55)63-44-53(47-18-8-4-9-19-47)36-40-67(63)72(68)56-20-10-5-11-21-56/h3-45H,2H2,1H3. The van der Waals surface area contributed by atoms with E-state index in [0.717, 1.165) is 12.2 Å². The minimum Gasteiger partial charge on any atom is -0.341 e. The third kappa shape index (κ3) is 6.79. The normalized spacial score (nSPS) is 11.7. The van der Waals surface area contributed by atoms with Crippen molar-refractivity contribution in [3.05, 3.63) is 261 Å². The highest BCUT2D eigenvalue weighted by atomic mass is 15.0. The van der Waals surface area contributed by atoms with E-state index in [1.54, 1.807) is 0 Å². The summed E-state index contributed by atoms with van der Waals surface area (Å²) in [6, 6.07) is 96.3. The number of hydrogen-bond donors (Lipinski definition) is 0. The molecule has 2 heteroatoms. The number of rotatable bonds is 8. The molecule has 0 bridgehead atoms. The Kier molecular flexibility index (Phi) is 9.86. The summed E-state index contributed by atoms with van der Waals surface area (Å²) >= 11 is 0. The van der Waals surface area contributed by atoms with Crippen molar-refractivity contribution in [1.82, 2.24) is 9.13 Å². The molecule has 0 aliphatic heterocycles. The molecule has 2 aromatic heterocycles. The van der Waals surface area contributed by atoms with Gasteiger partial charge in [0.25, 0.3) is 0 Å². The number of benzene rings is 12. The van der Waals surface area contributed by atoms with Gasteiger partial charge in [-0.25, -0.2) is 0 Å². The third-order valence-corrected chi connectivity index (χ3v) is 15.1. The second-order valence-electron chi connectivity index (χ2n) is 19.1. The molecule has 0 saturated heterocycles. The molecule has 338 valence electrons. The maximum absolute atomic E-state index is 2.44. The lowest BCUT2D eigenvalue weighted by atomic mass is 9.85. The molecule has 0 aliphatic rings. The average Bonchev–Trinajstić information content (AvgIpc) is 3.96. The van der Waals surface area contributed by atoms with Crippen LogP contribution in [0, 0.1) is 0 Å². The Labute approximate surface area is 418 Å². The van der Waals surface area contributed by atoms with Crippen LogP contribution < -0.4 is 0 Å². The molecule has 2 nitrogen and oxygen atoms in total. The summed E-state index contributed by atoms with van der Waals surface area (Å²) in [6.45, 7) is 3.16. The van der Waals surface area contributed by atoms with Crippen LogP contribution in [0.25, 0.3) is 138 Å². The zero-order chi connectivity index (χ0) is 47.7. The van der Waals surface area contributed by atoms with Crippen LogP contribution >= 0.6 is 0 Å². The Hall–Kier alpha value is -9.24. The minimum atomic E-state index is 0.918. The lowest BCUT2D eigenvalue weighted by Crippen LogP contribution is -1.93. The van der Waals surface area contributed by atoms with E-state index in [1.807, 2.05) is 0 Å². The summed E-state index contributed by atoms with van der Waals surface area (Å²) in [5.74, 6) is 0. The van der Waals surface area contributed by atoms with Crippen LogP contribution in [0.3, 0.4) is 0 Å². The van der Waals surface area contributed by atoms with Crippen LogP contribution in [0.1, 0.15) is 6.92 Å². The maximum Gasteiger partial charge on any atom is 0.0541 e. The lowest BCUT2D eigenvalue weighted by Gasteiger charge is -2.18. The van der Waals surface area contributed by atoms with Crippen LogP contribution in [0.2, 0.25) is 0 Å². The van der Waals surface area contributed by atoms with Gasteiger partial charge in [0, 0.05) is 44.8 Å². The quantitative estimate of drug-likeness (QED) is 0.134. The molecule has 0 aliphatic carbocycles. The van der Waals surface area contributed by atoms with Gasteiger partial charge in [-0.3, -0.25) is 0 Å². The molecule has 0 radical (unpaired) electrons. The van der Waals surface area contributed by atoms with E-state index in [0.29, 0.717) is 0 Å². The van der Waals surface area contributed by atoms with Gasteiger partial charge in [-0.15, -0.1) is 0 Å². The second kappa shape index (κ2) is 17.0. The molecule has 12 aromatic carbocycles. The molecule has 0 atom stereocenters. The van der Waals surface area contributed by atoms with Crippen molar-refractivity contribution >= 4 is 65.2 Å². The van der Waals surface area contributed by atoms with Crippen LogP contribution in [-0.2, 0) is 6.54 Å². The summed E-state index contributed by atoms with van der Waals surface area (Å²) in [5.41, 5.74) is 20.8. The van der Waals surface area contributed by atoms with Gasteiger partial charge in [0.2, 0.25) is 0 Å².